The lowest BCUT2D eigenvalue weighted by molar-refractivity contribution is 0.102. The number of Topliss-reactive ketones (excluding diaryl/α,β-unsaturated/α-hetero) is 1. The summed E-state index contributed by atoms with van der Waals surface area (Å²) in [7, 11) is 0. The molecule has 0 amide bonds. The SMILES string of the molecule is CCC(CC)c1ncc(C(C)=O)s1. The third kappa shape index (κ3) is 2.37. The highest BCUT2D eigenvalue weighted by molar-refractivity contribution is 7.13. The largest absolute Gasteiger partial charge is 0.294 e. The van der Waals surface area contributed by atoms with Crippen molar-refractivity contribution in [2.24, 2.45) is 0 Å². The Morgan fingerprint density at radius 1 is 1.54 bits per heavy atom. The smallest absolute Gasteiger partial charge is 0.171 e. The average molecular weight is 197 g/mol. The quantitative estimate of drug-likeness (QED) is 0.693. The Balaban J connectivity index is 2.84. The summed E-state index contributed by atoms with van der Waals surface area (Å²) in [6.45, 7) is 5.90. The van der Waals surface area contributed by atoms with Gasteiger partial charge in [0.15, 0.2) is 5.78 Å². The van der Waals surface area contributed by atoms with Crippen LogP contribution in [0.3, 0.4) is 0 Å². The van der Waals surface area contributed by atoms with Gasteiger partial charge in [-0.05, 0) is 12.8 Å². The molecule has 0 spiro atoms. The number of hydrogen-bond acceptors (Lipinski definition) is 3. The zero-order valence-corrected chi connectivity index (χ0v) is 9.15. The van der Waals surface area contributed by atoms with Crippen LogP contribution < -0.4 is 0 Å². The first-order valence-electron chi connectivity index (χ1n) is 4.65. The predicted molar refractivity (Wildman–Crippen MR) is 55.4 cm³/mol. The summed E-state index contributed by atoms with van der Waals surface area (Å²) >= 11 is 1.54. The minimum atomic E-state index is 0.120. The van der Waals surface area contributed by atoms with Crippen LogP contribution in [0.5, 0.6) is 0 Å². The van der Waals surface area contributed by atoms with Gasteiger partial charge in [0.05, 0.1) is 9.88 Å². The van der Waals surface area contributed by atoms with Crippen LogP contribution in [0.1, 0.15) is 54.2 Å². The zero-order valence-electron chi connectivity index (χ0n) is 8.33. The van der Waals surface area contributed by atoms with Crippen molar-refractivity contribution in [3.8, 4) is 0 Å². The summed E-state index contributed by atoms with van der Waals surface area (Å²) in [6.07, 6.45) is 3.89. The number of carbonyl (C=O) groups excluding carboxylic acids is 1. The van der Waals surface area contributed by atoms with E-state index < -0.39 is 0 Å². The molecule has 1 heterocycles. The molecule has 0 atom stereocenters. The Labute approximate surface area is 83.0 Å². The maximum absolute atomic E-state index is 11.0. The minimum absolute atomic E-state index is 0.120. The zero-order chi connectivity index (χ0) is 9.84. The second kappa shape index (κ2) is 4.51. The molecule has 72 valence electrons. The Morgan fingerprint density at radius 2 is 2.15 bits per heavy atom. The highest BCUT2D eigenvalue weighted by Gasteiger charge is 2.12. The van der Waals surface area contributed by atoms with Gasteiger partial charge in [-0.25, -0.2) is 4.98 Å². The molecule has 1 rings (SSSR count). The minimum Gasteiger partial charge on any atom is -0.294 e. The first kappa shape index (κ1) is 10.4. The monoisotopic (exact) mass is 197 g/mol. The number of carbonyl (C=O) groups is 1. The predicted octanol–water partition coefficient (Wildman–Crippen LogP) is 3.25. The molecular formula is C10H15NOS. The van der Waals surface area contributed by atoms with E-state index in [2.05, 4.69) is 18.8 Å². The van der Waals surface area contributed by atoms with Crippen LogP contribution in [0, 0.1) is 0 Å². The Hall–Kier alpha value is -0.700. The van der Waals surface area contributed by atoms with E-state index in [0.29, 0.717) is 5.92 Å². The van der Waals surface area contributed by atoms with Gasteiger partial charge in [-0.15, -0.1) is 11.3 Å². The summed E-state index contributed by atoms with van der Waals surface area (Å²) in [5, 5.41) is 1.11. The average Bonchev–Trinajstić information content (AvgIpc) is 2.56. The molecule has 1 aromatic rings. The summed E-state index contributed by atoms with van der Waals surface area (Å²) in [4.78, 5) is 16.1. The van der Waals surface area contributed by atoms with Gasteiger partial charge in [0, 0.05) is 19.0 Å². The van der Waals surface area contributed by atoms with Crippen molar-refractivity contribution < 1.29 is 4.79 Å². The number of aromatic nitrogens is 1. The van der Waals surface area contributed by atoms with Crippen LogP contribution in [-0.2, 0) is 0 Å². The molecule has 0 bridgehead atoms. The molecule has 13 heavy (non-hydrogen) atoms. The lowest BCUT2D eigenvalue weighted by atomic mass is 10.1. The van der Waals surface area contributed by atoms with E-state index in [0.717, 1.165) is 22.7 Å². The van der Waals surface area contributed by atoms with Gasteiger partial charge in [0.1, 0.15) is 0 Å². The maximum atomic E-state index is 11.0. The highest BCUT2D eigenvalue weighted by Crippen LogP contribution is 2.27. The molecule has 0 unspecified atom stereocenters. The van der Waals surface area contributed by atoms with Gasteiger partial charge >= 0.3 is 0 Å². The molecule has 0 saturated heterocycles. The number of ketones is 1. The van der Waals surface area contributed by atoms with Crippen molar-refractivity contribution in [3.05, 3.63) is 16.1 Å². The number of hydrogen-bond donors (Lipinski definition) is 0. The van der Waals surface area contributed by atoms with Gasteiger partial charge in [-0.2, -0.15) is 0 Å². The van der Waals surface area contributed by atoms with Crippen LogP contribution in [0.15, 0.2) is 6.20 Å². The first-order chi connectivity index (χ1) is 6.19. The second-order valence-corrected chi connectivity index (χ2v) is 4.19. The third-order valence-electron chi connectivity index (χ3n) is 2.21. The summed E-state index contributed by atoms with van der Waals surface area (Å²) in [6, 6.07) is 0. The Bertz CT molecular complexity index is 289. The molecular weight excluding hydrogens is 182 g/mol. The van der Waals surface area contributed by atoms with E-state index in [1.54, 1.807) is 13.1 Å². The first-order valence-corrected chi connectivity index (χ1v) is 5.47. The lowest BCUT2D eigenvalue weighted by Crippen LogP contribution is -1.93. The van der Waals surface area contributed by atoms with Crippen molar-refractivity contribution in [2.75, 3.05) is 0 Å². The van der Waals surface area contributed by atoms with E-state index in [9.17, 15) is 4.79 Å². The fourth-order valence-electron chi connectivity index (χ4n) is 1.28. The van der Waals surface area contributed by atoms with Gasteiger partial charge in [-0.1, -0.05) is 13.8 Å². The van der Waals surface area contributed by atoms with Crippen molar-refractivity contribution in [2.45, 2.75) is 39.5 Å². The molecule has 0 N–H and O–H groups in total. The molecule has 3 heteroatoms. The van der Waals surface area contributed by atoms with Crippen molar-refractivity contribution in [1.29, 1.82) is 0 Å². The van der Waals surface area contributed by atoms with Crippen molar-refractivity contribution >= 4 is 17.1 Å². The van der Waals surface area contributed by atoms with Crippen LogP contribution >= 0.6 is 11.3 Å². The Morgan fingerprint density at radius 3 is 2.54 bits per heavy atom. The normalized spacial score (nSPS) is 10.8. The number of rotatable bonds is 4. The topological polar surface area (TPSA) is 30.0 Å². The Kier molecular flexibility index (Phi) is 3.60. The van der Waals surface area contributed by atoms with E-state index >= 15 is 0 Å². The molecule has 2 nitrogen and oxygen atoms in total. The standard InChI is InChI=1S/C10H15NOS/c1-4-8(5-2)10-11-6-9(13-10)7(3)12/h6,8H,4-5H2,1-3H3. The molecule has 0 saturated carbocycles. The van der Waals surface area contributed by atoms with E-state index in [1.165, 1.54) is 11.3 Å². The molecule has 0 aliphatic carbocycles. The van der Waals surface area contributed by atoms with E-state index in [-0.39, 0.29) is 5.78 Å². The van der Waals surface area contributed by atoms with Gasteiger partial charge in [-0.3, -0.25) is 4.79 Å². The fourth-order valence-corrected chi connectivity index (χ4v) is 2.36. The van der Waals surface area contributed by atoms with Crippen LogP contribution in [0.25, 0.3) is 0 Å². The number of nitrogens with zero attached hydrogens (tertiary/aromatic N) is 1. The van der Waals surface area contributed by atoms with Crippen LogP contribution in [0.2, 0.25) is 0 Å². The van der Waals surface area contributed by atoms with E-state index in [4.69, 9.17) is 0 Å². The molecule has 0 aromatic carbocycles. The number of thiazole rings is 1. The second-order valence-electron chi connectivity index (χ2n) is 3.13. The van der Waals surface area contributed by atoms with Crippen LogP contribution in [0.4, 0.5) is 0 Å². The molecule has 0 aliphatic rings. The maximum Gasteiger partial charge on any atom is 0.171 e. The van der Waals surface area contributed by atoms with Gasteiger partial charge in [0.2, 0.25) is 0 Å². The van der Waals surface area contributed by atoms with Crippen molar-refractivity contribution in [1.82, 2.24) is 4.98 Å². The van der Waals surface area contributed by atoms with Crippen LogP contribution in [-0.4, -0.2) is 10.8 Å². The molecule has 0 aliphatic heterocycles. The van der Waals surface area contributed by atoms with E-state index in [1.807, 2.05) is 0 Å². The summed E-state index contributed by atoms with van der Waals surface area (Å²) in [5.74, 6) is 0.646. The lowest BCUT2D eigenvalue weighted by Gasteiger charge is -2.06. The molecule has 1 aromatic heterocycles. The third-order valence-corrected chi connectivity index (χ3v) is 3.47. The summed E-state index contributed by atoms with van der Waals surface area (Å²) < 4.78 is 0. The van der Waals surface area contributed by atoms with Gasteiger partial charge < -0.3 is 0 Å². The molecule has 0 radical (unpaired) electrons. The highest BCUT2D eigenvalue weighted by atomic mass is 32.1. The van der Waals surface area contributed by atoms with Crippen molar-refractivity contribution in [3.63, 3.8) is 0 Å². The summed E-state index contributed by atoms with van der Waals surface area (Å²) in [5.41, 5.74) is 0. The molecule has 0 fully saturated rings. The fraction of sp³-hybridized carbons (Fsp3) is 0.600. The van der Waals surface area contributed by atoms with Gasteiger partial charge in [0.25, 0.3) is 0 Å².